The maximum atomic E-state index is 13.7. The lowest BCUT2D eigenvalue weighted by Gasteiger charge is -2.36. The lowest BCUT2D eigenvalue weighted by molar-refractivity contribution is -0.172. The van der Waals surface area contributed by atoms with Crippen molar-refractivity contribution in [2.24, 2.45) is 0 Å². The molecule has 7 rings (SSSR count). The molecule has 0 saturated heterocycles. The van der Waals surface area contributed by atoms with Gasteiger partial charge in [-0.25, -0.2) is 14.6 Å². The first-order chi connectivity index (χ1) is 33.1. The molecular formula is C56H72N2O11. The number of aryl methyl sites for hydroxylation is 1. The normalized spacial score (nSPS) is 17.9. The number of unbranched alkanes of at least 4 members (excludes halogenated alkanes) is 13. The van der Waals surface area contributed by atoms with E-state index in [1.165, 1.54) is 70.6 Å². The van der Waals surface area contributed by atoms with E-state index in [1.54, 1.807) is 42.7 Å². The average molecular weight is 949 g/mol. The Balaban J connectivity index is 0.895. The summed E-state index contributed by atoms with van der Waals surface area (Å²) in [5, 5.41) is 12.0. The van der Waals surface area contributed by atoms with Gasteiger partial charge in [0.2, 0.25) is 5.60 Å². The number of esters is 4. The van der Waals surface area contributed by atoms with Crippen LogP contribution in [0.2, 0.25) is 0 Å². The van der Waals surface area contributed by atoms with Crippen molar-refractivity contribution >= 4 is 34.8 Å². The van der Waals surface area contributed by atoms with Crippen LogP contribution in [0, 0.1) is 20.8 Å². The Labute approximate surface area is 406 Å². The number of aromatic nitrogens is 2. The van der Waals surface area contributed by atoms with Crippen LogP contribution in [0.5, 0.6) is 17.2 Å². The second-order valence-corrected chi connectivity index (χ2v) is 19.6. The number of cyclic esters (lactones) is 1. The highest BCUT2D eigenvalue weighted by atomic mass is 16.6. The predicted molar refractivity (Wildman–Crippen MR) is 264 cm³/mol. The Morgan fingerprint density at radius 3 is 2.06 bits per heavy atom. The van der Waals surface area contributed by atoms with Crippen LogP contribution < -0.4 is 19.8 Å². The highest BCUT2D eigenvalue weighted by molar-refractivity contribution is 5.91. The topological polar surface area (TPSA) is 170 Å². The molecule has 0 amide bonds. The number of benzene rings is 2. The third-order valence-electron chi connectivity index (χ3n) is 14.8. The van der Waals surface area contributed by atoms with E-state index in [9.17, 15) is 29.1 Å². The minimum absolute atomic E-state index is 0.0487. The largest absolute Gasteiger partial charge is 0.475 e. The Hall–Kier alpha value is -5.56. The van der Waals surface area contributed by atoms with E-state index in [0.717, 1.165) is 52.5 Å². The summed E-state index contributed by atoms with van der Waals surface area (Å²) in [5.41, 5.74) is 3.72. The molecule has 13 nitrogen and oxygen atoms in total. The molecule has 0 saturated carbocycles. The fraction of sp³-hybridized carbons (Fsp3) is 0.571. The summed E-state index contributed by atoms with van der Waals surface area (Å²) in [5.74, 6) is -1.00. The summed E-state index contributed by atoms with van der Waals surface area (Å²) >= 11 is 0. The number of pyridine rings is 2. The SMILES string of the molecule is CCCCCCCCCCCCCCCCOC(=O)C1(C)CCc2c(C)c(OC(=O)CCC(=O)Oc3ccc4nc5c(c(CC)c4c3)Cn3c-5cc4c(c3=O)COC(=O)[C@]4(O)CC)c(C)c(C)c2O1. The van der Waals surface area contributed by atoms with Crippen molar-refractivity contribution in [3.8, 4) is 28.6 Å². The Bertz CT molecular complexity index is 2650. The Morgan fingerprint density at radius 1 is 0.783 bits per heavy atom. The first kappa shape index (κ1) is 51.3. The summed E-state index contributed by atoms with van der Waals surface area (Å²) in [6.45, 7) is 13.7. The monoisotopic (exact) mass is 949 g/mol. The van der Waals surface area contributed by atoms with E-state index in [1.807, 2.05) is 27.7 Å². The van der Waals surface area contributed by atoms with E-state index in [2.05, 4.69) is 6.92 Å². The number of aliphatic hydroxyl groups is 1. The molecule has 4 aromatic rings. The molecule has 1 N–H and O–H groups in total. The van der Waals surface area contributed by atoms with Gasteiger partial charge >= 0.3 is 23.9 Å². The van der Waals surface area contributed by atoms with E-state index in [0.29, 0.717) is 59.8 Å². The zero-order valence-corrected chi connectivity index (χ0v) is 42.0. The molecule has 0 radical (unpaired) electrons. The second kappa shape index (κ2) is 22.5. The second-order valence-electron chi connectivity index (χ2n) is 19.6. The molecule has 69 heavy (non-hydrogen) atoms. The average Bonchev–Trinajstić information content (AvgIpc) is 3.71. The maximum absolute atomic E-state index is 13.7. The first-order valence-corrected chi connectivity index (χ1v) is 25.7. The highest BCUT2D eigenvalue weighted by Gasteiger charge is 2.46. The van der Waals surface area contributed by atoms with Gasteiger partial charge in [-0.3, -0.25) is 14.4 Å². The third-order valence-corrected chi connectivity index (χ3v) is 14.8. The molecule has 0 fully saturated rings. The number of rotatable bonds is 23. The molecule has 0 aliphatic carbocycles. The Morgan fingerprint density at radius 2 is 1.42 bits per heavy atom. The smallest absolute Gasteiger partial charge is 0.350 e. The molecule has 13 heteroatoms. The maximum Gasteiger partial charge on any atom is 0.350 e. The Kier molecular flexibility index (Phi) is 16.7. The van der Waals surface area contributed by atoms with Crippen molar-refractivity contribution in [3.05, 3.63) is 79.1 Å². The van der Waals surface area contributed by atoms with Crippen LogP contribution in [-0.4, -0.2) is 50.7 Å². The number of nitrogens with zero attached hydrogens (tertiary/aromatic N) is 2. The first-order valence-electron chi connectivity index (χ1n) is 25.7. The van der Waals surface area contributed by atoms with Crippen LogP contribution >= 0.6 is 0 Å². The van der Waals surface area contributed by atoms with Crippen LogP contribution in [0.1, 0.15) is 188 Å². The highest BCUT2D eigenvalue weighted by Crippen LogP contribution is 2.45. The van der Waals surface area contributed by atoms with Crippen molar-refractivity contribution in [3.63, 3.8) is 0 Å². The standard InChI is InChI=1S/C56H72N2O11/c1-8-11-12-13-14-15-16-17-18-19-20-21-22-23-30-65-53(62)55(7)29-28-40-37(6)50(35(4)36(5)51(40)69-55)68-48(60)27-26-47(59)67-38-24-25-45-41(31-38)39(9-2)42-33-58-46(49(42)57-45)32-44-43(52(58)61)34-66-54(63)56(44,64)10-3/h24-25,31-32,64H,8-23,26-30,33-34H2,1-7H3/t55?,56-/m0/s1. The summed E-state index contributed by atoms with van der Waals surface area (Å²) < 4.78 is 30.7. The van der Waals surface area contributed by atoms with Crippen molar-refractivity contribution in [2.45, 2.75) is 201 Å². The zero-order valence-electron chi connectivity index (χ0n) is 42.0. The van der Waals surface area contributed by atoms with Crippen LogP contribution in [0.25, 0.3) is 22.3 Å². The van der Waals surface area contributed by atoms with Gasteiger partial charge in [-0.05, 0) is 99.9 Å². The van der Waals surface area contributed by atoms with Crippen LogP contribution in [-0.2, 0) is 60.2 Å². The molecule has 0 spiro atoms. The summed E-state index contributed by atoms with van der Waals surface area (Å²) in [7, 11) is 0. The quantitative estimate of drug-likeness (QED) is 0.0374. The fourth-order valence-electron chi connectivity index (χ4n) is 10.3. The summed E-state index contributed by atoms with van der Waals surface area (Å²) in [6, 6.07) is 6.81. The van der Waals surface area contributed by atoms with Gasteiger partial charge in [-0.1, -0.05) is 104 Å². The van der Waals surface area contributed by atoms with Crippen LogP contribution in [0.3, 0.4) is 0 Å². The van der Waals surface area contributed by atoms with Crippen molar-refractivity contribution < 1.29 is 48.0 Å². The zero-order chi connectivity index (χ0) is 49.5. The lowest BCUT2D eigenvalue weighted by Crippen LogP contribution is -2.46. The molecule has 2 aromatic heterocycles. The number of hydrogen-bond donors (Lipinski definition) is 1. The molecule has 372 valence electrons. The van der Waals surface area contributed by atoms with E-state index in [4.69, 9.17) is 28.7 Å². The number of hydrogen-bond acceptors (Lipinski definition) is 12. The minimum atomic E-state index is -1.92. The van der Waals surface area contributed by atoms with Crippen LogP contribution in [0.4, 0.5) is 0 Å². The molecular weight excluding hydrogens is 877 g/mol. The molecule has 3 aliphatic heterocycles. The number of fused-ring (bicyclic) bond motifs is 6. The van der Waals surface area contributed by atoms with Gasteiger partial charge in [0, 0.05) is 28.5 Å². The molecule has 5 heterocycles. The lowest BCUT2D eigenvalue weighted by atomic mass is 9.86. The molecule has 2 aromatic carbocycles. The molecule has 3 aliphatic rings. The van der Waals surface area contributed by atoms with Crippen molar-refractivity contribution in [1.82, 2.24) is 9.55 Å². The van der Waals surface area contributed by atoms with Gasteiger partial charge in [-0.2, -0.15) is 0 Å². The third kappa shape index (κ3) is 10.9. The van der Waals surface area contributed by atoms with Gasteiger partial charge in [0.05, 0.1) is 48.5 Å². The number of carbonyl (C=O) groups is 4. The van der Waals surface area contributed by atoms with E-state index in [-0.39, 0.29) is 60.8 Å². The fourth-order valence-corrected chi connectivity index (χ4v) is 10.3. The van der Waals surface area contributed by atoms with Crippen LogP contribution in [0.15, 0.2) is 29.1 Å². The predicted octanol–water partition coefficient (Wildman–Crippen LogP) is 11.0. The van der Waals surface area contributed by atoms with Gasteiger partial charge in [0.25, 0.3) is 5.56 Å². The van der Waals surface area contributed by atoms with Gasteiger partial charge < -0.3 is 33.4 Å². The minimum Gasteiger partial charge on any atom is -0.475 e. The summed E-state index contributed by atoms with van der Waals surface area (Å²) in [4.78, 5) is 71.1. The van der Waals surface area contributed by atoms with Crippen molar-refractivity contribution in [1.29, 1.82) is 0 Å². The number of ether oxygens (including phenoxy) is 5. The molecule has 0 bridgehead atoms. The van der Waals surface area contributed by atoms with E-state index < -0.39 is 29.1 Å². The molecule has 2 atom stereocenters. The summed E-state index contributed by atoms with van der Waals surface area (Å²) in [6.07, 6.45) is 18.8. The van der Waals surface area contributed by atoms with Gasteiger partial charge in [0.15, 0.2) is 5.60 Å². The van der Waals surface area contributed by atoms with Crippen molar-refractivity contribution in [2.75, 3.05) is 6.61 Å². The molecule has 1 unspecified atom stereocenters. The number of carbonyl (C=O) groups excluding carboxylic acids is 4. The van der Waals surface area contributed by atoms with Gasteiger partial charge in [0.1, 0.15) is 23.9 Å². The van der Waals surface area contributed by atoms with E-state index >= 15 is 0 Å². The van der Waals surface area contributed by atoms with Gasteiger partial charge in [-0.15, -0.1) is 0 Å².